The third kappa shape index (κ3) is 47.1. The molecule has 1 atom stereocenters. The average Bonchev–Trinajstić information content (AvgIpc) is 3.45. The van der Waals surface area contributed by atoms with Gasteiger partial charge in [-0.15, -0.1) is 0 Å². The van der Waals surface area contributed by atoms with E-state index >= 15 is 0 Å². The first-order chi connectivity index (χ1) is 35.6. The summed E-state index contributed by atoms with van der Waals surface area (Å²) in [6.07, 6.45) is 80.1. The van der Waals surface area contributed by atoms with Gasteiger partial charge in [-0.05, 0) is 32.1 Å². The molecule has 6 heteroatoms. The topological polar surface area (TPSA) is 93.1 Å². The van der Waals surface area contributed by atoms with Gasteiger partial charge in [-0.1, -0.05) is 334 Å². The van der Waals surface area contributed by atoms with E-state index in [0.717, 1.165) is 19.3 Å². The second-order valence-electron chi connectivity index (χ2n) is 23.5. The van der Waals surface area contributed by atoms with Crippen LogP contribution in [0.25, 0.3) is 0 Å². The summed E-state index contributed by atoms with van der Waals surface area (Å²) in [5.74, 6) is -1.40. The molecular weight excluding hydrogens is 889 g/mol. The summed E-state index contributed by atoms with van der Waals surface area (Å²) in [6, 6.07) is 0. The number of carbonyl (C=O) groups is 2. The Morgan fingerprint density at radius 2 is 0.597 bits per heavy atom. The third-order valence-corrected chi connectivity index (χ3v) is 16.3. The van der Waals surface area contributed by atoms with Crippen molar-refractivity contribution in [1.82, 2.24) is 0 Å². The molecule has 1 aliphatic rings. The first-order valence-corrected chi connectivity index (χ1v) is 32.8. The number of ether oxygens (including phenoxy) is 2. The summed E-state index contributed by atoms with van der Waals surface area (Å²) >= 11 is 0. The molecule has 1 fully saturated rings. The highest BCUT2D eigenvalue weighted by Crippen LogP contribution is 2.25. The van der Waals surface area contributed by atoms with Crippen LogP contribution >= 0.6 is 0 Å². The highest BCUT2D eigenvalue weighted by atomic mass is 16.6. The lowest BCUT2D eigenvalue weighted by molar-refractivity contribution is -0.155. The standard InChI is InChI=1S/C66H126O6/c1-2-3-4-5-6-7-8-9-10-11-12-13-14-15-16-17-18-19-20-21-22-23-24-25-26-27-28-29-30-31-32-33-34-35-36-37-38-39-40-41-42-43-44-45-46-47-48-49-50-51-52-53-54-55-56-57-63-58-64(69)71-61-66(59-67,60-68)62-72-65(63)70/h28-29,63,67-68H,2-27,30-62H2,1H3/b29-28+. The third-order valence-electron chi connectivity index (χ3n) is 16.3. The molecule has 1 aliphatic heterocycles. The van der Waals surface area contributed by atoms with Crippen LogP contribution in [0.1, 0.15) is 360 Å². The van der Waals surface area contributed by atoms with Crippen molar-refractivity contribution in [2.75, 3.05) is 26.4 Å². The minimum Gasteiger partial charge on any atom is -0.465 e. The lowest BCUT2D eigenvalue weighted by atomic mass is 9.92. The summed E-state index contributed by atoms with van der Waals surface area (Å²) in [7, 11) is 0. The van der Waals surface area contributed by atoms with Crippen molar-refractivity contribution in [1.29, 1.82) is 0 Å². The number of aliphatic hydroxyl groups is 2. The van der Waals surface area contributed by atoms with Gasteiger partial charge in [0.25, 0.3) is 0 Å². The van der Waals surface area contributed by atoms with E-state index in [0.29, 0.717) is 6.42 Å². The van der Waals surface area contributed by atoms with E-state index in [9.17, 15) is 19.8 Å². The van der Waals surface area contributed by atoms with Crippen molar-refractivity contribution in [2.24, 2.45) is 11.3 Å². The fraction of sp³-hybridized carbons (Fsp3) is 0.939. The highest BCUT2D eigenvalue weighted by molar-refractivity contribution is 5.80. The molecule has 0 saturated carbocycles. The molecule has 2 N–H and O–H groups in total. The minimum absolute atomic E-state index is 0.00457. The monoisotopic (exact) mass is 1010 g/mol. The predicted molar refractivity (Wildman–Crippen MR) is 311 cm³/mol. The zero-order chi connectivity index (χ0) is 51.8. The lowest BCUT2D eigenvalue weighted by Crippen LogP contribution is -2.40. The van der Waals surface area contributed by atoms with Gasteiger partial charge in [-0.3, -0.25) is 9.59 Å². The van der Waals surface area contributed by atoms with Crippen LogP contribution in [0.3, 0.4) is 0 Å². The molecule has 1 heterocycles. The Balaban J connectivity index is 1.68. The Bertz CT molecular complexity index is 1130. The van der Waals surface area contributed by atoms with Gasteiger partial charge < -0.3 is 19.7 Å². The molecule has 0 bridgehead atoms. The predicted octanol–water partition coefficient (Wildman–Crippen LogP) is 20.7. The first kappa shape index (κ1) is 68.6. The van der Waals surface area contributed by atoms with Crippen molar-refractivity contribution in [3.05, 3.63) is 12.2 Å². The van der Waals surface area contributed by atoms with Crippen LogP contribution < -0.4 is 0 Å². The van der Waals surface area contributed by atoms with Gasteiger partial charge in [0.05, 0.1) is 31.0 Å². The van der Waals surface area contributed by atoms with Gasteiger partial charge in [-0.2, -0.15) is 0 Å². The number of allylic oxidation sites excluding steroid dienone is 2. The number of carbonyl (C=O) groups excluding carboxylic acids is 2. The molecule has 426 valence electrons. The Morgan fingerprint density at radius 1 is 0.361 bits per heavy atom. The number of unbranched alkanes of at least 4 members (excludes halogenated alkanes) is 51. The van der Waals surface area contributed by atoms with E-state index in [-0.39, 0.29) is 19.6 Å². The van der Waals surface area contributed by atoms with E-state index in [2.05, 4.69) is 19.1 Å². The number of rotatable bonds is 57. The second kappa shape index (κ2) is 55.8. The van der Waals surface area contributed by atoms with E-state index in [1.807, 2.05) is 0 Å². The van der Waals surface area contributed by atoms with Crippen LogP contribution in [-0.4, -0.2) is 48.6 Å². The van der Waals surface area contributed by atoms with Crippen molar-refractivity contribution in [3.8, 4) is 0 Å². The molecule has 6 nitrogen and oxygen atoms in total. The minimum atomic E-state index is -1.12. The fourth-order valence-corrected chi connectivity index (χ4v) is 10.9. The molecule has 0 aliphatic carbocycles. The van der Waals surface area contributed by atoms with E-state index in [1.54, 1.807) is 0 Å². The first-order valence-electron chi connectivity index (χ1n) is 32.8. The maximum atomic E-state index is 12.5. The Hall–Kier alpha value is -1.40. The maximum Gasteiger partial charge on any atom is 0.309 e. The van der Waals surface area contributed by atoms with Crippen LogP contribution in [0.15, 0.2) is 12.2 Å². The molecule has 0 radical (unpaired) electrons. The van der Waals surface area contributed by atoms with Gasteiger partial charge in [0.1, 0.15) is 13.2 Å². The SMILES string of the molecule is CCCCCCCCCCCCCCCCCCCCCCCCCCC/C=C/CCCCCCCCCCCCCCCCCCCCCCCCCCCCC1CC(=O)OCC(CO)(CO)COC1=O. The molecular formula is C66H126O6. The van der Waals surface area contributed by atoms with Gasteiger partial charge in [0, 0.05) is 0 Å². The number of cyclic esters (lactones) is 2. The number of hydrogen-bond donors (Lipinski definition) is 2. The fourth-order valence-electron chi connectivity index (χ4n) is 10.9. The summed E-state index contributed by atoms with van der Waals surface area (Å²) in [6.45, 7) is 1.21. The van der Waals surface area contributed by atoms with Gasteiger partial charge in [0.2, 0.25) is 0 Å². The molecule has 0 aromatic carbocycles. The Kier molecular flexibility index (Phi) is 53.2. The summed E-state index contributed by atoms with van der Waals surface area (Å²) < 4.78 is 10.6. The van der Waals surface area contributed by atoms with E-state index in [1.165, 1.54) is 321 Å². The molecule has 1 rings (SSSR count). The summed E-state index contributed by atoms with van der Waals surface area (Å²) in [5.41, 5.74) is -1.12. The van der Waals surface area contributed by atoms with Gasteiger partial charge in [-0.25, -0.2) is 0 Å². The average molecular weight is 1020 g/mol. The molecule has 72 heavy (non-hydrogen) atoms. The van der Waals surface area contributed by atoms with Crippen LogP contribution in [-0.2, 0) is 19.1 Å². The highest BCUT2D eigenvalue weighted by Gasteiger charge is 2.36. The number of aliphatic hydroxyl groups excluding tert-OH is 2. The lowest BCUT2D eigenvalue weighted by Gasteiger charge is -2.27. The van der Waals surface area contributed by atoms with Crippen molar-refractivity contribution < 1.29 is 29.3 Å². The van der Waals surface area contributed by atoms with Crippen LogP contribution in [0, 0.1) is 11.3 Å². The quantitative estimate of drug-likeness (QED) is 0.0358. The molecule has 0 aromatic rings. The van der Waals surface area contributed by atoms with Crippen LogP contribution in [0.5, 0.6) is 0 Å². The van der Waals surface area contributed by atoms with Gasteiger partial charge >= 0.3 is 11.9 Å². The largest absolute Gasteiger partial charge is 0.465 e. The molecule has 1 unspecified atom stereocenters. The van der Waals surface area contributed by atoms with Crippen LogP contribution in [0.2, 0.25) is 0 Å². The van der Waals surface area contributed by atoms with Crippen molar-refractivity contribution in [3.63, 3.8) is 0 Å². The summed E-state index contributed by atoms with van der Waals surface area (Å²) in [4.78, 5) is 24.7. The van der Waals surface area contributed by atoms with E-state index in [4.69, 9.17) is 9.47 Å². The van der Waals surface area contributed by atoms with E-state index < -0.39 is 36.5 Å². The number of hydrogen-bond acceptors (Lipinski definition) is 6. The zero-order valence-electron chi connectivity index (χ0n) is 48.5. The zero-order valence-corrected chi connectivity index (χ0v) is 48.5. The Morgan fingerprint density at radius 3 is 0.861 bits per heavy atom. The molecule has 1 saturated heterocycles. The smallest absolute Gasteiger partial charge is 0.309 e. The number of esters is 2. The van der Waals surface area contributed by atoms with Gasteiger partial charge in [0.15, 0.2) is 0 Å². The maximum absolute atomic E-state index is 12.5. The second-order valence-corrected chi connectivity index (χ2v) is 23.5. The van der Waals surface area contributed by atoms with Crippen molar-refractivity contribution >= 4 is 11.9 Å². The Labute approximate surface area is 449 Å². The normalized spacial score (nSPS) is 15.2. The molecule has 0 aromatic heterocycles. The van der Waals surface area contributed by atoms with Crippen LogP contribution in [0.4, 0.5) is 0 Å². The molecule has 0 amide bonds. The van der Waals surface area contributed by atoms with Crippen molar-refractivity contribution in [2.45, 2.75) is 360 Å². The summed E-state index contributed by atoms with van der Waals surface area (Å²) in [5, 5.41) is 19.2. The molecule has 0 spiro atoms.